The van der Waals surface area contributed by atoms with Crippen molar-refractivity contribution in [1.29, 1.82) is 0 Å². The quantitative estimate of drug-likeness (QED) is 0.548. The molecule has 1 fully saturated rings. The molecule has 10 heavy (non-hydrogen) atoms. The third kappa shape index (κ3) is 2.00. The summed E-state index contributed by atoms with van der Waals surface area (Å²) in [6, 6.07) is 0. The van der Waals surface area contributed by atoms with E-state index in [1.165, 1.54) is 38.5 Å². The summed E-state index contributed by atoms with van der Waals surface area (Å²) in [6.45, 7) is 6.35. The molecule has 59 valence electrons. The van der Waals surface area contributed by atoms with E-state index in [9.17, 15) is 0 Å². The van der Waals surface area contributed by atoms with Crippen LogP contribution in [0.4, 0.5) is 0 Å². The second kappa shape index (κ2) is 3.41. The standard InChI is InChI=1S/C10H19/c1-3-7-10(2)8-5-4-6-9-10/h1,3-9H2,2H3. The van der Waals surface area contributed by atoms with Gasteiger partial charge < -0.3 is 0 Å². The second-order valence-corrected chi connectivity index (χ2v) is 3.97. The van der Waals surface area contributed by atoms with Crippen molar-refractivity contribution in [3.05, 3.63) is 6.92 Å². The van der Waals surface area contributed by atoms with Gasteiger partial charge in [-0.2, -0.15) is 0 Å². The average molecular weight is 139 g/mol. The van der Waals surface area contributed by atoms with E-state index >= 15 is 0 Å². The number of hydrogen-bond acceptors (Lipinski definition) is 0. The van der Waals surface area contributed by atoms with Crippen LogP contribution < -0.4 is 0 Å². The smallest absolute Gasteiger partial charge is 0.0326 e. The zero-order valence-corrected chi connectivity index (χ0v) is 7.16. The Morgan fingerprint density at radius 3 is 2.30 bits per heavy atom. The van der Waals surface area contributed by atoms with Gasteiger partial charge in [0.1, 0.15) is 0 Å². The molecule has 0 spiro atoms. The Kier molecular flexibility index (Phi) is 2.76. The Morgan fingerprint density at radius 1 is 1.20 bits per heavy atom. The molecule has 0 bridgehead atoms. The van der Waals surface area contributed by atoms with Gasteiger partial charge in [0.15, 0.2) is 0 Å². The molecular weight excluding hydrogens is 120 g/mol. The van der Waals surface area contributed by atoms with Crippen LogP contribution in [0.5, 0.6) is 0 Å². The van der Waals surface area contributed by atoms with E-state index in [1.54, 1.807) is 0 Å². The topological polar surface area (TPSA) is 0 Å². The predicted octanol–water partition coefficient (Wildman–Crippen LogP) is 3.57. The molecule has 0 heterocycles. The maximum atomic E-state index is 3.92. The lowest BCUT2D eigenvalue weighted by atomic mass is 9.73. The van der Waals surface area contributed by atoms with E-state index in [1.807, 2.05) is 0 Å². The first-order valence-corrected chi connectivity index (χ1v) is 4.56. The highest BCUT2D eigenvalue weighted by Crippen LogP contribution is 2.39. The lowest BCUT2D eigenvalue weighted by Gasteiger charge is -2.33. The van der Waals surface area contributed by atoms with Gasteiger partial charge in [-0.1, -0.05) is 39.5 Å². The number of hydrogen-bond donors (Lipinski definition) is 0. The summed E-state index contributed by atoms with van der Waals surface area (Å²) in [5.41, 5.74) is 0.667. The fraction of sp³-hybridized carbons (Fsp3) is 0.900. The fourth-order valence-corrected chi connectivity index (χ4v) is 2.08. The van der Waals surface area contributed by atoms with Crippen LogP contribution in [0.15, 0.2) is 0 Å². The Balaban J connectivity index is 2.32. The third-order valence-corrected chi connectivity index (χ3v) is 2.84. The predicted molar refractivity (Wildman–Crippen MR) is 45.8 cm³/mol. The van der Waals surface area contributed by atoms with E-state index in [0.29, 0.717) is 5.41 Å². The summed E-state index contributed by atoms with van der Waals surface area (Å²) in [5, 5.41) is 0. The van der Waals surface area contributed by atoms with Gasteiger partial charge in [0, 0.05) is 0 Å². The highest BCUT2D eigenvalue weighted by Gasteiger charge is 2.24. The first-order valence-electron chi connectivity index (χ1n) is 4.56. The number of rotatable bonds is 2. The Labute approximate surface area is 65.0 Å². The Bertz CT molecular complexity index is 82.7. The maximum Gasteiger partial charge on any atom is -0.0326 e. The average Bonchev–Trinajstić information content (AvgIpc) is 1.89. The SMILES string of the molecule is [CH2]CCC1(C)CCCCC1. The van der Waals surface area contributed by atoms with Crippen molar-refractivity contribution < 1.29 is 0 Å². The zero-order valence-electron chi connectivity index (χ0n) is 7.16. The zero-order chi connectivity index (χ0) is 7.45. The highest BCUT2D eigenvalue weighted by molar-refractivity contribution is 4.78. The summed E-state index contributed by atoms with van der Waals surface area (Å²) < 4.78 is 0. The first-order chi connectivity index (χ1) is 4.77. The van der Waals surface area contributed by atoms with Crippen molar-refractivity contribution in [2.75, 3.05) is 0 Å². The van der Waals surface area contributed by atoms with Gasteiger partial charge in [0.25, 0.3) is 0 Å². The molecule has 0 aromatic rings. The van der Waals surface area contributed by atoms with E-state index in [4.69, 9.17) is 0 Å². The second-order valence-electron chi connectivity index (χ2n) is 3.97. The van der Waals surface area contributed by atoms with Crippen LogP contribution in [0.3, 0.4) is 0 Å². The molecule has 0 heteroatoms. The molecule has 1 aliphatic rings. The molecule has 0 aliphatic heterocycles. The van der Waals surface area contributed by atoms with Gasteiger partial charge in [-0.25, -0.2) is 0 Å². The Morgan fingerprint density at radius 2 is 1.80 bits per heavy atom. The van der Waals surface area contributed by atoms with Gasteiger partial charge in [-0.15, -0.1) is 0 Å². The molecule has 0 amide bonds. The van der Waals surface area contributed by atoms with Crippen molar-refractivity contribution in [2.24, 2.45) is 5.41 Å². The molecule has 1 rings (SSSR count). The summed E-state index contributed by atoms with van der Waals surface area (Å²) in [6.07, 6.45) is 9.73. The summed E-state index contributed by atoms with van der Waals surface area (Å²) in [4.78, 5) is 0. The van der Waals surface area contributed by atoms with Crippen LogP contribution in [-0.2, 0) is 0 Å². The molecule has 0 aromatic heterocycles. The molecule has 0 atom stereocenters. The molecular formula is C10H19. The monoisotopic (exact) mass is 139 g/mol. The van der Waals surface area contributed by atoms with E-state index in [2.05, 4.69) is 13.8 Å². The molecule has 0 saturated heterocycles. The molecule has 1 radical (unpaired) electrons. The third-order valence-electron chi connectivity index (χ3n) is 2.84. The van der Waals surface area contributed by atoms with Crippen molar-refractivity contribution >= 4 is 0 Å². The molecule has 1 saturated carbocycles. The van der Waals surface area contributed by atoms with Gasteiger partial charge in [-0.3, -0.25) is 0 Å². The van der Waals surface area contributed by atoms with Crippen molar-refractivity contribution in [3.8, 4) is 0 Å². The molecule has 0 N–H and O–H groups in total. The molecule has 0 unspecified atom stereocenters. The normalized spacial score (nSPS) is 24.6. The minimum atomic E-state index is 0.667. The van der Waals surface area contributed by atoms with E-state index in [0.717, 1.165) is 6.42 Å². The highest BCUT2D eigenvalue weighted by atomic mass is 14.3. The van der Waals surface area contributed by atoms with Gasteiger partial charge in [0.2, 0.25) is 0 Å². The van der Waals surface area contributed by atoms with E-state index < -0.39 is 0 Å². The van der Waals surface area contributed by atoms with E-state index in [-0.39, 0.29) is 0 Å². The lowest BCUT2D eigenvalue weighted by Crippen LogP contribution is -2.19. The minimum Gasteiger partial charge on any atom is -0.0596 e. The van der Waals surface area contributed by atoms with Crippen LogP contribution >= 0.6 is 0 Å². The minimum absolute atomic E-state index is 0.667. The molecule has 0 aromatic carbocycles. The maximum absolute atomic E-state index is 3.92. The molecule has 0 nitrogen and oxygen atoms in total. The van der Waals surface area contributed by atoms with Crippen molar-refractivity contribution in [3.63, 3.8) is 0 Å². The van der Waals surface area contributed by atoms with Crippen molar-refractivity contribution in [2.45, 2.75) is 51.9 Å². The Hall–Kier alpha value is 0. The summed E-state index contributed by atoms with van der Waals surface area (Å²) >= 11 is 0. The molecule has 1 aliphatic carbocycles. The lowest BCUT2D eigenvalue weighted by molar-refractivity contribution is 0.200. The van der Waals surface area contributed by atoms with Crippen LogP contribution in [0.1, 0.15) is 51.9 Å². The summed E-state index contributed by atoms with van der Waals surface area (Å²) in [5.74, 6) is 0. The summed E-state index contributed by atoms with van der Waals surface area (Å²) in [7, 11) is 0. The van der Waals surface area contributed by atoms with Crippen LogP contribution in [-0.4, -0.2) is 0 Å². The van der Waals surface area contributed by atoms with Gasteiger partial charge in [-0.05, 0) is 24.7 Å². The van der Waals surface area contributed by atoms with Crippen LogP contribution in [0, 0.1) is 12.3 Å². The van der Waals surface area contributed by atoms with Crippen LogP contribution in [0.2, 0.25) is 0 Å². The van der Waals surface area contributed by atoms with Gasteiger partial charge >= 0.3 is 0 Å². The largest absolute Gasteiger partial charge is 0.0596 e. The van der Waals surface area contributed by atoms with Crippen molar-refractivity contribution in [1.82, 2.24) is 0 Å². The van der Waals surface area contributed by atoms with Gasteiger partial charge in [0.05, 0.1) is 0 Å². The van der Waals surface area contributed by atoms with Crippen LogP contribution in [0.25, 0.3) is 0 Å². The first kappa shape index (κ1) is 8.10. The fourth-order valence-electron chi connectivity index (χ4n) is 2.08.